The third-order valence-electron chi connectivity index (χ3n) is 5.26. The van der Waals surface area contributed by atoms with E-state index in [1.54, 1.807) is 0 Å². The van der Waals surface area contributed by atoms with E-state index < -0.39 is 30.6 Å². The highest BCUT2D eigenvalue weighted by Crippen LogP contribution is 2.44. The van der Waals surface area contributed by atoms with Gasteiger partial charge >= 0.3 is 12.1 Å². The van der Waals surface area contributed by atoms with Crippen LogP contribution in [0, 0.1) is 0 Å². The third kappa shape index (κ3) is 5.53. The van der Waals surface area contributed by atoms with E-state index in [0.717, 1.165) is 27.2 Å². The van der Waals surface area contributed by atoms with Crippen LogP contribution >= 0.6 is 0 Å². The fourth-order valence-electron chi connectivity index (χ4n) is 3.83. The number of carbonyl (C=O) groups excluding carboxylic acids is 2. The van der Waals surface area contributed by atoms with Gasteiger partial charge in [0.05, 0.1) is 12.5 Å². The lowest BCUT2D eigenvalue weighted by Crippen LogP contribution is -2.40. The molecular formula is C24H26N2O6. The standard InChI is InChI=1S/C24H26N2O6/c1-2-11-26(14-23(29)30)22(28)12-16(27)13-25-24(31)32-15-21-19-9-5-3-7-17(19)18-8-4-6-10-20(18)21/h2-10,16,21,27H,1,11-15H2,(H,25,31)(H,29,30). The van der Waals surface area contributed by atoms with Crippen molar-refractivity contribution in [1.82, 2.24) is 10.2 Å². The van der Waals surface area contributed by atoms with E-state index in [4.69, 9.17) is 9.84 Å². The van der Waals surface area contributed by atoms with Crippen LogP contribution in [0.4, 0.5) is 4.79 Å². The second kappa shape index (κ2) is 10.6. The van der Waals surface area contributed by atoms with Gasteiger partial charge in [0.25, 0.3) is 0 Å². The van der Waals surface area contributed by atoms with Crippen molar-refractivity contribution in [3.05, 3.63) is 72.3 Å². The Labute approximate surface area is 186 Å². The van der Waals surface area contributed by atoms with Crippen molar-refractivity contribution >= 4 is 18.0 Å². The molecule has 168 valence electrons. The number of alkyl carbamates (subject to hydrolysis) is 1. The highest BCUT2D eigenvalue weighted by Gasteiger charge is 2.29. The van der Waals surface area contributed by atoms with Crippen molar-refractivity contribution < 1.29 is 29.3 Å². The van der Waals surface area contributed by atoms with E-state index in [1.165, 1.54) is 6.08 Å². The van der Waals surface area contributed by atoms with Gasteiger partial charge in [-0.3, -0.25) is 9.59 Å². The molecule has 0 fully saturated rings. The van der Waals surface area contributed by atoms with Gasteiger partial charge in [0, 0.05) is 19.0 Å². The number of carbonyl (C=O) groups is 3. The summed E-state index contributed by atoms with van der Waals surface area (Å²) < 4.78 is 5.39. The summed E-state index contributed by atoms with van der Waals surface area (Å²) in [6, 6.07) is 16.0. The van der Waals surface area contributed by atoms with Crippen molar-refractivity contribution in [2.45, 2.75) is 18.4 Å². The van der Waals surface area contributed by atoms with Crippen LogP contribution in [0.2, 0.25) is 0 Å². The molecule has 2 amide bonds. The molecule has 2 aromatic rings. The Morgan fingerprint density at radius 2 is 1.69 bits per heavy atom. The van der Waals surface area contributed by atoms with Crippen molar-refractivity contribution in [3.63, 3.8) is 0 Å². The Hall–Kier alpha value is -3.65. The monoisotopic (exact) mass is 438 g/mol. The Morgan fingerprint density at radius 1 is 1.09 bits per heavy atom. The number of hydrogen-bond donors (Lipinski definition) is 3. The summed E-state index contributed by atoms with van der Waals surface area (Å²) in [7, 11) is 0. The quantitative estimate of drug-likeness (QED) is 0.491. The second-order valence-electron chi connectivity index (χ2n) is 7.52. The van der Waals surface area contributed by atoms with E-state index in [0.29, 0.717) is 0 Å². The van der Waals surface area contributed by atoms with Crippen LogP contribution in [-0.4, -0.2) is 65.4 Å². The number of carboxylic acids is 1. The molecule has 0 saturated carbocycles. The van der Waals surface area contributed by atoms with Gasteiger partial charge in [-0.1, -0.05) is 54.6 Å². The maximum Gasteiger partial charge on any atom is 0.407 e. The molecule has 8 nitrogen and oxygen atoms in total. The van der Waals surface area contributed by atoms with Crippen LogP contribution in [0.1, 0.15) is 23.5 Å². The molecule has 0 spiro atoms. The zero-order valence-electron chi connectivity index (χ0n) is 17.6. The molecule has 0 aliphatic heterocycles. The molecule has 3 N–H and O–H groups in total. The molecule has 1 unspecified atom stereocenters. The summed E-state index contributed by atoms with van der Waals surface area (Å²) in [5.74, 6) is -1.79. The molecule has 0 aromatic heterocycles. The number of hydrogen-bond acceptors (Lipinski definition) is 5. The maximum absolute atomic E-state index is 12.2. The number of benzene rings is 2. The molecule has 0 heterocycles. The molecule has 2 aromatic carbocycles. The van der Waals surface area contributed by atoms with Crippen LogP contribution < -0.4 is 5.32 Å². The predicted octanol–water partition coefficient (Wildman–Crippen LogP) is 2.38. The first-order valence-electron chi connectivity index (χ1n) is 10.3. The van der Waals surface area contributed by atoms with Crippen LogP contribution in [0.25, 0.3) is 11.1 Å². The van der Waals surface area contributed by atoms with Gasteiger partial charge in [0.2, 0.25) is 5.91 Å². The molecule has 8 heteroatoms. The van der Waals surface area contributed by atoms with Crippen molar-refractivity contribution in [2.24, 2.45) is 0 Å². The largest absolute Gasteiger partial charge is 0.480 e. The Morgan fingerprint density at radius 3 is 2.25 bits per heavy atom. The number of ether oxygens (including phenoxy) is 1. The highest BCUT2D eigenvalue weighted by atomic mass is 16.5. The lowest BCUT2D eigenvalue weighted by atomic mass is 9.98. The average Bonchev–Trinajstić information content (AvgIpc) is 3.09. The van der Waals surface area contributed by atoms with Crippen molar-refractivity contribution in [2.75, 3.05) is 26.2 Å². The van der Waals surface area contributed by atoms with Crippen molar-refractivity contribution in [3.8, 4) is 11.1 Å². The van der Waals surface area contributed by atoms with Crippen LogP contribution in [0.5, 0.6) is 0 Å². The van der Waals surface area contributed by atoms with Crippen LogP contribution in [0.3, 0.4) is 0 Å². The lowest BCUT2D eigenvalue weighted by Gasteiger charge is -2.21. The molecule has 1 aliphatic carbocycles. The number of rotatable bonds is 10. The molecule has 0 radical (unpaired) electrons. The van der Waals surface area contributed by atoms with E-state index >= 15 is 0 Å². The molecule has 0 bridgehead atoms. The summed E-state index contributed by atoms with van der Waals surface area (Å²) in [6.45, 7) is 2.99. The Kier molecular flexibility index (Phi) is 7.62. The van der Waals surface area contributed by atoms with Gasteiger partial charge in [-0.05, 0) is 22.3 Å². The molecule has 1 atom stereocenters. The second-order valence-corrected chi connectivity index (χ2v) is 7.52. The molecule has 32 heavy (non-hydrogen) atoms. The zero-order valence-corrected chi connectivity index (χ0v) is 17.6. The first-order valence-corrected chi connectivity index (χ1v) is 10.3. The molecule has 3 rings (SSSR count). The number of aliphatic hydroxyl groups is 1. The first-order chi connectivity index (χ1) is 15.4. The summed E-state index contributed by atoms with van der Waals surface area (Å²) in [5.41, 5.74) is 4.42. The smallest absolute Gasteiger partial charge is 0.407 e. The minimum absolute atomic E-state index is 0.0532. The topological polar surface area (TPSA) is 116 Å². The van der Waals surface area contributed by atoms with Gasteiger partial charge in [-0.25, -0.2) is 4.79 Å². The summed E-state index contributed by atoms with van der Waals surface area (Å²) in [6.07, 6.45) is -0.802. The van der Waals surface area contributed by atoms with E-state index in [-0.39, 0.29) is 32.0 Å². The SMILES string of the molecule is C=CCN(CC(=O)O)C(=O)CC(O)CNC(=O)OCC1c2ccccc2-c2ccccc21. The van der Waals surface area contributed by atoms with Crippen LogP contribution in [-0.2, 0) is 14.3 Å². The molecule has 0 saturated heterocycles. The predicted molar refractivity (Wildman–Crippen MR) is 118 cm³/mol. The number of aliphatic hydroxyl groups excluding tert-OH is 1. The number of aliphatic carboxylic acids is 1. The van der Waals surface area contributed by atoms with Gasteiger partial charge in [0.15, 0.2) is 0 Å². The number of fused-ring (bicyclic) bond motifs is 3. The normalized spacial score (nSPS) is 12.9. The lowest BCUT2D eigenvalue weighted by molar-refractivity contribution is -0.144. The number of carboxylic acid groups (broad SMARTS) is 1. The fraction of sp³-hybridized carbons (Fsp3) is 0.292. The van der Waals surface area contributed by atoms with E-state index in [1.807, 2.05) is 48.5 Å². The van der Waals surface area contributed by atoms with Crippen molar-refractivity contribution in [1.29, 1.82) is 0 Å². The number of nitrogens with one attached hydrogen (secondary N) is 1. The summed E-state index contributed by atoms with van der Waals surface area (Å²) in [4.78, 5) is 36.3. The Bertz CT molecular complexity index is 960. The average molecular weight is 438 g/mol. The van der Waals surface area contributed by atoms with Gasteiger partial charge in [-0.2, -0.15) is 0 Å². The van der Waals surface area contributed by atoms with Gasteiger partial charge in [0.1, 0.15) is 13.2 Å². The van der Waals surface area contributed by atoms with E-state index in [9.17, 15) is 19.5 Å². The fourth-order valence-corrected chi connectivity index (χ4v) is 3.83. The highest BCUT2D eigenvalue weighted by molar-refractivity contribution is 5.82. The Balaban J connectivity index is 1.50. The number of nitrogens with zero attached hydrogens (tertiary/aromatic N) is 1. The minimum Gasteiger partial charge on any atom is -0.480 e. The summed E-state index contributed by atoms with van der Waals surface area (Å²) >= 11 is 0. The summed E-state index contributed by atoms with van der Waals surface area (Å²) in [5, 5.41) is 21.4. The van der Waals surface area contributed by atoms with Gasteiger partial charge in [-0.15, -0.1) is 6.58 Å². The third-order valence-corrected chi connectivity index (χ3v) is 5.26. The number of amides is 2. The van der Waals surface area contributed by atoms with Crippen LogP contribution in [0.15, 0.2) is 61.2 Å². The zero-order chi connectivity index (χ0) is 23.1. The van der Waals surface area contributed by atoms with E-state index in [2.05, 4.69) is 11.9 Å². The molecular weight excluding hydrogens is 412 g/mol. The molecule has 1 aliphatic rings. The maximum atomic E-state index is 12.2. The minimum atomic E-state index is -1.18. The first kappa shape index (κ1) is 23.0. The van der Waals surface area contributed by atoms with Gasteiger partial charge < -0.3 is 25.2 Å².